The van der Waals surface area contributed by atoms with Gasteiger partial charge < -0.3 is 0 Å². The number of unbranched alkanes of at least 4 members (excludes halogenated alkanes) is 2. The van der Waals surface area contributed by atoms with Crippen molar-refractivity contribution < 1.29 is 5.21 Å². The number of hydrogen-bond acceptors (Lipinski definition) is 2. The van der Waals surface area contributed by atoms with Gasteiger partial charge in [0, 0.05) is 6.54 Å². The van der Waals surface area contributed by atoms with Gasteiger partial charge in [-0.2, -0.15) is 0 Å². The molecule has 72 valence electrons. The standard InChI is InChI=1S/C11H17NO/c1-2-3-7-10-12(13)11-8-5-4-6-9-11/h4-6,8-9,13H,2-3,7,10H2,1H3. The zero-order valence-corrected chi connectivity index (χ0v) is 8.11. The first-order valence-corrected chi connectivity index (χ1v) is 4.86. The lowest BCUT2D eigenvalue weighted by molar-refractivity contribution is 0.251. The summed E-state index contributed by atoms with van der Waals surface area (Å²) in [5.74, 6) is 0. The molecule has 1 N–H and O–H groups in total. The second kappa shape index (κ2) is 5.60. The van der Waals surface area contributed by atoms with Crippen molar-refractivity contribution >= 4 is 5.69 Å². The molecule has 0 aliphatic carbocycles. The summed E-state index contributed by atoms with van der Waals surface area (Å²) >= 11 is 0. The summed E-state index contributed by atoms with van der Waals surface area (Å²) in [5.41, 5.74) is 0.874. The number of para-hydroxylation sites is 1. The number of hydrogen-bond donors (Lipinski definition) is 1. The molecule has 0 heterocycles. The fourth-order valence-corrected chi connectivity index (χ4v) is 1.24. The van der Waals surface area contributed by atoms with Gasteiger partial charge >= 0.3 is 0 Å². The highest BCUT2D eigenvalue weighted by molar-refractivity contribution is 5.42. The average Bonchev–Trinajstić information content (AvgIpc) is 2.19. The molecule has 2 heteroatoms. The largest absolute Gasteiger partial charge is 0.288 e. The lowest BCUT2D eigenvalue weighted by Gasteiger charge is -2.16. The maximum Gasteiger partial charge on any atom is 0.0634 e. The van der Waals surface area contributed by atoms with Crippen LogP contribution in [0.4, 0.5) is 5.69 Å². The molecule has 0 fully saturated rings. The Morgan fingerprint density at radius 3 is 2.46 bits per heavy atom. The molecule has 0 aromatic heterocycles. The van der Waals surface area contributed by atoms with E-state index in [1.807, 2.05) is 30.3 Å². The van der Waals surface area contributed by atoms with Crippen LogP contribution < -0.4 is 5.06 Å². The van der Waals surface area contributed by atoms with Gasteiger partial charge in [-0.15, -0.1) is 0 Å². The molecule has 1 aromatic rings. The molecule has 0 radical (unpaired) electrons. The van der Waals surface area contributed by atoms with Crippen LogP contribution in [-0.2, 0) is 0 Å². The predicted molar refractivity (Wildman–Crippen MR) is 55.1 cm³/mol. The summed E-state index contributed by atoms with van der Waals surface area (Å²) in [6, 6.07) is 9.62. The molecule has 0 amide bonds. The lowest BCUT2D eigenvalue weighted by atomic mass is 10.2. The van der Waals surface area contributed by atoms with Gasteiger partial charge in [-0.3, -0.25) is 10.3 Å². The van der Waals surface area contributed by atoms with Crippen LogP contribution in [0.25, 0.3) is 0 Å². The summed E-state index contributed by atoms with van der Waals surface area (Å²) < 4.78 is 0. The maximum absolute atomic E-state index is 9.58. The molecule has 2 nitrogen and oxygen atoms in total. The van der Waals surface area contributed by atoms with Crippen molar-refractivity contribution in [1.29, 1.82) is 0 Å². The van der Waals surface area contributed by atoms with E-state index in [1.54, 1.807) is 0 Å². The molecule has 0 unspecified atom stereocenters. The molecule has 0 saturated heterocycles. The van der Waals surface area contributed by atoms with Crippen molar-refractivity contribution in [2.24, 2.45) is 0 Å². The Labute approximate surface area is 79.8 Å². The Bertz CT molecular complexity index is 223. The fourth-order valence-electron chi connectivity index (χ4n) is 1.24. The summed E-state index contributed by atoms with van der Waals surface area (Å²) in [7, 11) is 0. The first kappa shape index (κ1) is 10.1. The van der Waals surface area contributed by atoms with Crippen molar-refractivity contribution in [2.45, 2.75) is 26.2 Å². The normalized spacial score (nSPS) is 10.0. The smallest absolute Gasteiger partial charge is 0.0634 e. The minimum absolute atomic E-state index is 0.720. The van der Waals surface area contributed by atoms with E-state index in [0.29, 0.717) is 0 Å². The topological polar surface area (TPSA) is 23.5 Å². The van der Waals surface area contributed by atoms with Crippen molar-refractivity contribution in [2.75, 3.05) is 11.6 Å². The zero-order chi connectivity index (χ0) is 9.52. The summed E-state index contributed by atoms with van der Waals surface area (Å²) in [6.45, 7) is 2.88. The monoisotopic (exact) mass is 179 g/mol. The third kappa shape index (κ3) is 3.47. The van der Waals surface area contributed by atoms with Crippen LogP contribution in [0.5, 0.6) is 0 Å². The molecule has 0 aliphatic heterocycles. The van der Waals surface area contributed by atoms with E-state index in [2.05, 4.69) is 6.92 Å². The molecule has 13 heavy (non-hydrogen) atoms. The van der Waals surface area contributed by atoms with E-state index in [4.69, 9.17) is 0 Å². The molecule has 0 atom stereocenters. The van der Waals surface area contributed by atoms with Crippen molar-refractivity contribution in [1.82, 2.24) is 0 Å². The Balaban J connectivity index is 2.35. The number of hydroxylamine groups is 1. The minimum atomic E-state index is 0.720. The summed E-state index contributed by atoms with van der Waals surface area (Å²) in [5, 5.41) is 10.9. The second-order valence-corrected chi connectivity index (χ2v) is 3.17. The Morgan fingerprint density at radius 1 is 1.15 bits per heavy atom. The van der Waals surface area contributed by atoms with E-state index in [0.717, 1.165) is 18.7 Å². The second-order valence-electron chi connectivity index (χ2n) is 3.17. The van der Waals surface area contributed by atoms with Gasteiger partial charge in [0.05, 0.1) is 5.69 Å². The number of anilines is 1. The molecule has 0 spiro atoms. The van der Waals surface area contributed by atoms with Crippen LogP contribution in [0.15, 0.2) is 30.3 Å². The van der Waals surface area contributed by atoms with Crippen LogP contribution in [0.2, 0.25) is 0 Å². The Hall–Kier alpha value is -1.02. The van der Waals surface area contributed by atoms with Gasteiger partial charge in [-0.05, 0) is 18.6 Å². The Kier molecular flexibility index (Phi) is 4.33. The van der Waals surface area contributed by atoms with Gasteiger partial charge in [0.2, 0.25) is 0 Å². The van der Waals surface area contributed by atoms with Gasteiger partial charge in [0.25, 0.3) is 0 Å². The van der Waals surface area contributed by atoms with E-state index < -0.39 is 0 Å². The van der Waals surface area contributed by atoms with Crippen LogP contribution in [0.3, 0.4) is 0 Å². The van der Waals surface area contributed by atoms with E-state index in [-0.39, 0.29) is 0 Å². The quantitative estimate of drug-likeness (QED) is 0.554. The van der Waals surface area contributed by atoms with Gasteiger partial charge in [-0.1, -0.05) is 38.0 Å². The molecule has 0 aliphatic rings. The van der Waals surface area contributed by atoms with Crippen molar-refractivity contribution in [3.8, 4) is 0 Å². The van der Waals surface area contributed by atoms with Crippen molar-refractivity contribution in [3.05, 3.63) is 30.3 Å². The Morgan fingerprint density at radius 2 is 1.85 bits per heavy atom. The number of benzene rings is 1. The summed E-state index contributed by atoms with van der Waals surface area (Å²) in [4.78, 5) is 0. The zero-order valence-electron chi connectivity index (χ0n) is 8.11. The van der Waals surface area contributed by atoms with Gasteiger partial charge in [0.1, 0.15) is 0 Å². The molecular formula is C11H17NO. The lowest BCUT2D eigenvalue weighted by Crippen LogP contribution is -2.18. The van der Waals surface area contributed by atoms with Gasteiger partial charge in [0.15, 0.2) is 0 Å². The first-order chi connectivity index (χ1) is 6.34. The van der Waals surface area contributed by atoms with Gasteiger partial charge in [-0.25, -0.2) is 0 Å². The third-order valence-corrected chi connectivity index (χ3v) is 2.03. The minimum Gasteiger partial charge on any atom is -0.288 e. The number of rotatable bonds is 5. The molecule has 1 aromatic carbocycles. The van der Waals surface area contributed by atoms with Crippen LogP contribution in [0.1, 0.15) is 26.2 Å². The molecule has 0 bridgehead atoms. The highest BCUT2D eigenvalue weighted by Gasteiger charge is 1.99. The van der Waals surface area contributed by atoms with Crippen molar-refractivity contribution in [3.63, 3.8) is 0 Å². The first-order valence-electron chi connectivity index (χ1n) is 4.86. The van der Waals surface area contributed by atoms with E-state index in [1.165, 1.54) is 17.9 Å². The average molecular weight is 179 g/mol. The van der Waals surface area contributed by atoms with E-state index in [9.17, 15) is 5.21 Å². The molecule has 0 saturated carbocycles. The fraction of sp³-hybridized carbons (Fsp3) is 0.455. The molecular weight excluding hydrogens is 162 g/mol. The predicted octanol–water partition coefficient (Wildman–Crippen LogP) is 3.07. The third-order valence-electron chi connectivity index (χ3n) is 2.03. The maximum atomic E-state index is 9.58. The number of nitrogens with zero attached hydrogens (tertiary/aromatic N) is 1. The SMILES string of the molecule is CCCCCN(O)c1ccccc1. The van der Waals surface area contributed by atoms with Crippen LogP contribution in [0, 0.1) is 0 Å². The highest BCUT2D eigenvalue weighted by Crippen LogP contribution is 2.11. The van der Waals surface area contributed by atoms with E-state index >= 15 is 0 Å². The highest BCUT2D eigenvalue weighted by atomic mass is 16.5. The summed E-state index contributed by atoms with van der Waals surface area (Å²) in [6.07, 6.45) is 3.40. The van der Waals surface area contributed by atoms with Crippen LogP contribution in [-0.4, -0.2) is 11.8 Å². The molecule has 1 rings (SSSR count). The van der Waals surface area contributed by atoms with Crippen LogP contribution >= 0.6 is 0 Å².